The summed E-state index contributed by atoms with van der Waals surface area (Å²) < 4.78 is 28.1. The molecule has 1 aromatic heterocycles. The maximum absolute atomic E-state index is 13.3. The van der Waals surface area contributed by atoms with Crippen molar-refractivity contribution in [3.63, 3.8) is 0 Å². The number of fused-ring (bicyclic) bond motifs is 1. The molecule has 0 bridgehead atoms. The largest absolute Gasteiger partial charge is 0.367 e. The summed E-state index contributed by atoms with van der Waals surface area (Å²) in [6.45, 7) is 4.28. The van der Waals surface area contributed by atoms with Crippen LogP contribution >= 0.6 is 0 Å². The number of hydrogen-bond acceptors (Lipinski definition) is 4. The van der Waals surface area contributed by atoms with Gasteiger partial charge in [-0.2, -0.15) is 0 Å². The van der Waals surface area contributed by atoms with Crippen molar-refractivity contribution < 1.29 is 13.6 Å². The van der Waals surface area contributed by atoms with Gasteiger partial charge in [-0.15, -0.1) is 0 Å². The average molecular weight is 391 g/mol. The molecule has 0 atom stereocenters. The molecule has 2 heterocycles. The second-order valence-electron chi connectivity index (χ2n) is 8.04. The van der Waals surface area contributed by atoms with E-state index < -0.39 is 5.92 Å². The van der Waals surface area contributed by atoms with E-state index in [1.807, 2.05) is 18.2 Å². The average Bonchev–Trinajstić information content (AvgIpc) is 3.12. The van der Waals surface area contributed by atoms with Crippen molar-refractivity contribution in [2.24, 2.45) is 5.92 Å². The third-order valence-corrected chi connectivity index (χ3v) is 6.00. The van der Waals surface area contributed by atoms with Gasteiger partial charge in [-0.25, -0.2) is 18.6 Å². The molecule has 1 aliphatic heterocycles. The minimum atomic E-state index is -2.54. The number of para-hydroxylation sites is 1. The standard InChI is InChI=1S/C20H27F2N5O/c1-25-9-11-26(12-10-25)16-3-2-4-17-18(16)24-14-27(17)19(28)23-13-15-5-7-20(21,22)8-6-15/h2-4,14-15H,5-13H2,1H3,(H,23,28). The van der Waals surface area contributed by atoms with Gasteiger partial charge in [-0.3, -0.25) is 4.57 Å². The zero-order valence-corrected chi connectivity index (χ0v) is 16.2. The number of amides is 1. The van der Waals surface area contributed by atoms with Crippen LogP contribution in [0, 0.1) is 5.92 Å². The molecule has 0 spiro atoms. The second-order valence-corrected chi connectivity index (χ2v) is 8.04. The van der Waals surface area contributed by atoms with Crippen molar-refractivity contribution in [3.05, 3.63) is 24.5 Å². The van der Waals surface area contributed by atoms with E-state index in [4.69, 9.17) is 0 Å². The number of anilines is 1. The van der Waals surface area contributed by atoms with Crippen molar-refractivity contribution >= 4 is 22.8 Å². The van der Waals surface area contributed by atoms with Gasteiger partial charge in [0.2, 0.25) is 5.92 Å². The normalized spacial score (nSPS) is 21.2. The van der Waals surface area contributed by atoms with Gasteiger partial charge < -0.3 is 15.1 Å². The molecule has 0 unspecified atom stereocenters. The molecule has 1 amide bonds. The lowest BCUT2D eigenvalue weighted by atomic mass is 9.87. The van der Waals surface area contributed by atoms with E-state index in [-0.39, 0.29) is 24.8 Å². The van der Waals surface area contributed by atoms with Crippen LogP contribution in [0.1, 0.15) is 25.7 Å². The smallest absolute Gasteiger partial charge is 0.327 e. The van der Waals surface area contributed by atoms with Crippen LogP contribution in [0.25, 0.3) is 11.0 Å². The quantitative estimate of drug-likeness (QED) is 0.873. The van der Waals surface area contributed by atoms with Crippen LogP contribution in [0.4, 0.5) is 19.3 Å². The first-order chi connectivity index (χ1) is 13.4. The minimum Gasteiger partial charge on any atom is -0.367 e. The van der Waals surface area contributed by atoms with Crippen LogP contribution in [0.15, 0.2) is 24.5 Å². The number of carbonyl (C=O) groups excluding carboxylic acids is 1. The van der Waals surface area contributed by atoms with Crippen LogP contribution in [-0.4, -0.2) is 66.2 Å². The van der Waals surface area contributed by atoms with Crippen molar-refractivity contribution in [3.8, 4) is 0 Å². The molecule has 1 N–H and O–H groups in total. The van der Waals surface area contributed by atoms with E-state index in [1.54, 1.807) is 6.33 Å². The first-order valence-electron chi connectivity index (χ1n) is 9.98. The van der Waals surface area contributed by atoms with Crippen molar-refractivity contribution in [2.75, 3.05) is 44.7 Å². The Balaban J connectivity index is 1.44. The summed E-state index contributed by atoms with van der Waals surface area (Å²) in [6.07, 6.45) is 2.28. The maximum atomic E-state index is 13.3. The predicted molar refractivity (Wildman–Crippen MR) is 105 cm³/mol. The molecule has 4 rings (SSSR count). The highest BCUT2D eigenvalue weighted by Gasteiger charge is 2.34. The first kappa shape index (κ1) is 19.1. The number of imidazole rings is 1. The summed E-state index contributed by atoms with van der Waals surface area (Å²) in [5.74, 6) is -2.43. The number of carbonyl (C=O) groups is 1. The van der Waals surface area contributed by atoms with E-state index in [2.05, 4.69) is 27.1 Å². The zero-order chi connectivity index (χ0) is 19.7. The number of nitrogens with one attached hydrogen (secondary N) is 1. The molecule has 1 saturated carbocycles. The lowest BCUT2D eigenvalue weighted by molar-refractivity contribution is -0.0451. The van der Waals surface area contributed by atoms with Gasteiger partial charge in [0.25, 0.3) is 0 Å². The molecule has 152 valence electrons. The fraction of sp³-hybridized carbons (Fsp3) is 0.600. The predicted octanol–water partition coefficient (Wildman–Crippen LogP) is 3.17. The van der Waals surface area contributed by atoms with Crippen LogP contribution in [0.3, 0.4) is 0 Å². The molecule has 28 heavy (non-hydrogen) atoms. The third kappa shape index (κ3) is 3.97. The van der Waals surface area contributed by atoms with Crippen LogP contribution in [0.5, 0.6) is 0 Å². The summed E-state index contributed by atoms with van der Waals surface area (Å²) in [4.78, 5) is 21.8. The van der Waals surface area contributed by atoms with Gasteiger partial charge in [0.1, 0.15) is 11.8 Å². The first-order valence-corrected chi connectivity index (χ1v) is 9.98. The summed E-state index contributed by atoms with van der Waals surface area (Å²) >= 11 is 0. The number of piperazine rings is 1. The van der Waals surface area contributed by atoms with Crippen molar-refractivity contribution in [2.45, 2.75) is 31.6 Å². The topological polar surface area (TPSA) is 53.4 Å². The Labute approximate surface area is 163 Å². The number of aromatic nitrogens is 2. The molecule has 8 heteroatoms. The monoisotopic (exact) mass is 391 g/mol. The zero-order valence-electron chi connectivity index (χ0n) is 16.2. The number of rotatable bonds is 3. The lowest BCUT2D eigenvalue weighted by Crippen LogP contribution is -2.44. The molecule has 1 aromatic carbocycles. The third-order valence-electron chi connectivity index (χ3n) is 6.00. The number of nitrogens with zero attached hydrogens (tertiary/aromatic N) is 4. The van der Waals surface area contributed by atoms with E-state index in [1.165, 1.54) is 4.57 Å². The molecular formula is C20H27F2N5O. The summed E-state index contributed by atoms with van der Waals surface area (Å²) in [6, 6.07) is 5.63. The van der Waals surface area contributed by atoms with E-state index in [0.29, 0.717) is 19.4 Å². The number of halogens is 2. The number of hydrogen-bond donors (Lipinski definition) is 1. The molecular weight excluding hydrogens is 364 g/mol. The minimum absolute atomic E-state index is 0.0874. The highest BCUT2D eigenvalue weighted by atomic mass is 19.3. The molecule has 6 nitrogen and oxygen atoms in total. The Hall–Kier alpha value is -2.22. The second kappa shape index (κ2) is 7.66. The van der Waals surface area contributed by atoms with E-state index in [0.717, 1.165) is 42.9 Å². The van der Waals surface area contributed by atoms with E-state index >= 15 is 0 Å². The van der Waals surface area contributed by atoms with Gasteiger partial charge in [0.05, 0.1) is 11.2 Å². The van der Waals surface area contributed by atoms with Gasteiger partial charge in [-0.1, -0.05) is 6.07 Å². The van der Waals surface area contributed by atoms with Crippen LogP contribution in [0.2, 0.25) is 0 Å². The maximum Gasteiger partial charge on any atom is 0.327 e. The van der Waals surface area contributed by atoms with Gasteiger partial charge in [0, 0.05) is 45.6 Å². The highest BCUT2D eigenvalue weighted by molar-refractivity contribution is 5.95. The fourth-order valence-electron chi connectivity index (χ4n) is 4.11. The van der Waals surface area contributed by atoms with Crippen LogP contribution in [-0.2, 0) is 0 Å². The molecule has 1 saturated heterocycles. The summed E-state index contributed by atoms with van der Waals surface area (Å²) in [5, 5.41) is 2.90. The Morgan fingerprint density at radius 2 is 1.93 bits per heavy atom. The Morgan fingerprint density at radius 1 is 1.21 bits per heavy atom. The molecule has 1 aliphatic carbocycles. The van der Waals surface area contributed by atoms with Crippen LogP contribution < -0.4 is 10.2 Å². The molecule has 0 radical (unpaired) electrons. The SMILES string of the molecule is CN1CCN(c2cccc3c2ncn3C(=O)NCC2CCC(F)(F)CC2)CC1. The lowest BCUT2D eigenvalue weighted by Gasteiger charge is -2.34. The Bertz CT molecular complexity index is 834. The highest BCUT2D eigenvalue weighted by Crippen LogP contribution is 2.35. The van der Waals surface area contributed by atoms with Gasteiger partial charge in [0.15, 0.2) is 0 Å². The van der Waals surface area contributed by atoms with Gasteiger partial charge in [-0.05, 0) is 37.9 Å². The van der Waals surface area contributed by atoms with E-state index in [9.17, 15) is 13.6 Å². The fourth-order valence-corrected chi connectivity index (χ4v) is 4.11. The van der Waals surface area contributed by atoms with Crippen molar-refractivity contribution in [1.29, 1.82) is 0 Å². The molecule has 2 fully saturated rings. The molecule has 2 aliphatic rings. The summed E-state index contributed by atoms with van der Waals surface area (Å²) in [5.41, 5.74) is 2.63. The Kier molecular flexibility index (Phi) is 5.23. The Morgan fingerprint density at radius 3 is 2.64 bits per heavy atom. The summed E-state index contributed by atoms with van der Waals surface area (Å²) in [7, 11) is 2.12. The van der Waals surface area contributed by atoms with Crippen molar-refractivity contribution in [1.82, 2.24) is 19.8 Å². The number of benzene rings is 1. The number of likely N-dealkylation sites (N-methyl/N-ethyl adjacent to an activating group) is 1. The number of alkyl halides is 2. The molecule has 2 aromatic rings. The van der Waals surface area contributed by atoms with Gasteiger partial charge >= 0.3 is 6.03 Å².